The molecule has 0 spiro atoms. The first kappa shape index (κ1) is 25.3. The van der Waals surface area contributed by atoms with Gasteiger partial charge in [-0.3, -0.25) is 9.59 Å². The highest BCUT2D eigenvalue weighted by Crippen LogP contribution is 2.41. The van der Waals surface area contributed by atoms with Crippen LogP contribution >= 0.6 is 31.9 Å². The zero-order valence-corrected chi connectivity index (χ0v) is 21.9. The number of ether oxygens (including phenoxy) is 3. The number of aromatic hydroxyl groups is 1. The average molecular weight is 617 g/mol. The van der Waals surface area contributed by atoms with Crippen molar-refractivity contribution in [3.63, 3.8) is 0 Å². The Labute approximate surface area is 223 Å². The number of fused-ring (bicyclic) bond motifs is 1. The Kier molecular flexibility index (Phi) is 7.91. The zero-order valence-electron chi connectivity index (χ0n) is 18.7. The van der Waals surface area contributed by atoms with E-state index in [-0.39, 0.29) is 24.0 Å². The molecular weight excluding hydrogens is 598 g/mol. The number of amides is 2. The maximum Gasteiger partial charge on any atom is 0.287 e. The number of phenols is 1. The SMILES string of the molecule is COc1cc(C=NNC(=O)C(=Cc2ccc3c(c2)OCO3)NC(=O)c2ccccc2)c(Br)c(Br)c1O. The molecule has 0 saturated heterocycles. The molecule has 1 aliphatic heterocycles. The average Bonchev–Trinajstić information content (AvgIpc) is 3.36. The second-order valence-electron chi connectivity index (χ2n) is 7.33. The van der Waals surface area contributed by atoms with Crippen LogP contribution in [-0.2, 0) is 4.79 Å². The van der Waals surface area contributed by atoms with E-state index in [9.17, 15) is 14.7 Å². The molecule has 0 bridgehead atoms. The van der Waals surface area contributed by atoms with Crippen LogP contribution in [0.5, 0.6) is 23.0 Å². The summed E-state index contributed by atoms with van der Waals surface area (Å²) in [5.74, 6) is 0.148. The van der Waals surface area contributed by atoms with E-state index in [1.165, 1.54) is 19.4 Å². The van der Waals surface area contributed by atoms with Crippen LogP contribution in [0, 0.1) is 0 Å². The van der Waals surface area contributed by atoms with Crippen LogP contribution in [-0.4, -0.2) is 37.0 Å². The Morgan fingerprint density at radius 3 is 2.56 bits per heavy atom. The number of nitrogens with zero attached hydrogens (tertiary/aromatic N) is 1. The predicted octanol–water partition coefficient (Wildman–Crippen LogP) is 4.58. The Bertz CT molecular complexity index is 1380. The molecule has 0 aliphatic carbocycles. The van der Waals surface area contributed by atoms with E-state index < -0.39 is 11.8 Å². The topological polar surface area (TPSA) is 118 Å². The van der Waals surface area contributed by atoms with Crippen molar-refractivity contribution in [3.05, 3.63) is 85.9 Å². The zero-order chi connectivity index (χ0) is 25.7. The third kappa shape index (κ3) is 5.69. The summed E-state index contributed by atoms with van der Waals surface area (Å²) in [6, 6.07) is 15.2. The Balaban J connectivity index is 1.59. The van der Waals surface area contributed by atoms with Gasteiger partial charge < -0.3 is 24.6 Å². The van der Waals surface area contributed by atoms with Crippen LogP contribution in [0.15, 0.2) is 74.3 Å². The minimum Gasteiger partial charge on any atom is -0.503 e. The number of rotatable bonds is 7. The van der Waals surface area contributed by atoms with Gasteiger partial charge in [-0.25, -0.2) is 5.43 Å². The van der Waals surface area contributed by atoms with E-state index in [1.807, 2.05) is 0 Å². The summed E-state index contributed by atoms with van der Waals surface area (Å²) < 4.78 is 16.7. The van der Waals surface area contributed by atoms with E-state index in [4.69, 9.17) is 14.2 Å². The summed E-state index contributed by atoms with van der Waals surface area (Å²) in [6.07, 6.45) is 2.87. The van der Waals surface area contributed by atoms with Gasteiger partial charge in [-0.1, -0.05) is 24.3 Å². The smallest absolute Gasteiger partial charge is 0.287 e. The first-order valence-electron chi connectivity index (χ1n) is 10.4. The lowest BCUT2D eigenvalue weighted by Crippen LogP contribution is -2.32. The number of hydrogen-bond acceptors (Lipinski definition) is 7. The van der Waals surface area contributed by atoms with Crippen LogP contribution in [0.1, 0.15) is 21.5 Å². The quantitative estimate of drug-likeness (QED) is 0.203. The molecule has 3 aromatic carbocycles. The van der Waals surface area contributed by atoms with Gasteiger partial charge >= 0.3 is 0 Å². The van der Waals surface area contributed by atoms with Gasteiger partial charge in [0, 0.05) is 15.6 Å². The lowest BCUT2D eigenvalue weighted by atomic mass is 10.1. The molecule has 9 nitrogen and oxygen atoms in total. The molecule has 0 unspecified atom stereocenters. The first-order chi connectivity index (χ1) is 17.4. The molecular formula is C25H19Br2N3O6. The van der Waals surface area contributed by atoms with Crippen LogP contribution in [0.25, 0.3) is 6.08 Å². The molecule has 0 fully saturated rings. The lowest BCUT2D eigenvalue weighted by Gasteiger charge is -2.10. The monoisotopic (exact) mass is 615 g/mol. The number of hydrogen-bond donors (Lipinski definition) is 3. The van der Waals surface area contributed by atoms with Crippen LogP contribution < -0.4 is 25.0 Å². The van der Waals surface area contributed by atoms with Crippen molar-refractivity contribution in [1.29, 1.82) is 0 Å². The fraction of sp³-hybridized carbons (Fsp3) is 0.0800. The van der Waals surface area contributed by atoms with Crippen molar-refractivity contribution in [2.45, 2.75) is 0 Å². The molecule has 0 saturated carbocycles. The van der Waals surface area contributed by atoms with E-state index in [0.717, 1.165) is 0 Å². The van der Waals surface area contributed by atoms with Gasteiger partial charge in [0.25, 0.3) is 11.8 Å². The molecule has 3 aromatic rings. The van der Waals surface area contributed by atoms with E-state index in [1.54, 1.807) is 54.6 Å². The maximum atomic E-state index is 13.0. The summed E-state index contributed by atoms with van der Waals surface area (Å²) >= 11 is 6.63. The fourth-order valence-corrected chi connectivity index (χ4v) is 4.02. The molecule has 0 atom stereocenters. The largest absolute Gasteiger partial charge is 0.503 e. The summed E-state index contributed by atoms with van der Waals surface area (Å²) in [4.78, 5) is 25.8. The van der Waals surface area contributed by atoms with Crippen LogP contribution in [0.3, 0.4) is 0 Å². The Morgan fingerprint density at radius 2 is 1.81 bits per heavy atom. The Hall–Kier alpha value is -3.83. The van der Waals surface area contributed by atoms with Gasteiger partial charge in [-0.05, 0) is 73.8 Å². The van der Waals surface area contributed by atoms with Crippen molar-refractivity contribution in [1.82, 2.24) is 10.7 Å². The second-order valence-corrected chi connectivity index (χ2v) is 8.92. The number of halogens is 2. The molecule has 2 amide bonds. The first-order valence-corrected chi connectivity index (χ1v) is 12.0. The normalized spacial score (nSPS) is 12.5. The summed E-state index contributed by atoms with van der Waals surface area (Å²) in [7, 11) is 1.42. The molecule has 0 aromatic heterocycles. The van der Waals surface area contributed by atoms with Gasteiger partial charge in [0.1, 0.15) is 5.70 Å². The standard InChI is InChI=1S/C25H19Br2N3O6/c1-34-20-11-16(21(26)22(27)23(20)31)12-28-30-25(33)17(29-24(32)15-5-3-2-4-6-15)9-14-7-8-18-19(10-14)36-13-35-18/h2-12,31H,13H2,1H3,(H,29,32)(H,30,33). The highest BCUT2D eigenvalue weighted by Gasteiger charge is 2.17. The summed E-state index contributed by atoms with van der Waals surface area (Å²) in [5.41, 5.74) is 3.89. The van der Waals surface area contributed by atoms with Crippen molar-refractivity contribution in [2.75, 3.05) is 13.9 Å². The number of methoxy groups -OCH3 is 1. The molecule has 0 radical (unpaired) electrons. The van der Waals surface area contributed by atoms with Crippen molar-refractivity contribution in [2.24, 2.45) is 5.10 Å². The minimum atomic E-state index is -0.658. The second kappa shape index (κ2) is 11.3. The minimum absolute atomic E-state index is 0.0385. The number of hydrazone groups is 1. The van der Waals surface area contributed by atoms with E-state index >= 15 is 0 Å². The lowest BCUT2D eigenvalue weighted by molar-refractivity contribution is -0.117. The number of carbonyl (C=O) groups excluding carboxylic acids is 2. The Morgan fingerprint density at radius 1 is 1.06 bits per heavy atom. The highest BCUT2D eigenvalue weighted by molar-refractivity contribution is 9.13. The molecule has 36 heavy (non-hydrogen) atoms. The van der Waals surface area contributed by atoms with Crippen molar-refractivity contribution >= 4 is 56.0 Å². The highest BCUT2D eigenvalue weighted by atomic mass is 79.9. The number of carbonyl (C=O) groups is 2. The van der Waals surface area contributed by atoms with Gasteiger partial charge in [0.2, 0.25) is 6.79 Å². The van der Waals surface area contributed by atoms with Gasteiger partial charge in [-0.2, -0.15) is 5.10 Å². The molecule has 184 valence electrons. The van der Waals surface area contributed by atoms with Crippen molar-refractivity contribution in [3.8, 4) is 23.0 Å². The van der Waals surface area contributed by atoms with Crippen LogP contribution in [0.4, 0.5) is 0 Å². The van der Waals surface area contributed by atoms with E-state index in [0.29, 0.717) is 37.1 Å². The maximum absolute atomic E-state index is 13.0. The van der Waals surface area contributed by atoms with Crippen molar-refractivity contribution < 1.29 is 28.9 Å². The summed E-state index contributed by atoms with van der Waals surface area (Å²) in [5, 5.41) is 16.7. The number of phenolic OH excluding ortho intramolecular Hbond substituents is 1. The third-order valence-corrected chi connectivity index (χ3v) is 7.16. The number of benzene rings is 3. The molecule has 1 heterocycles. The fourth-order valence-electron chi connectivity index (χ4n) is 3.19. The van der Waals surface area contributed by atoms with Gasteiger partial charge in [-0.15, -0.1) is 0 Å². The molecule has 4 rings (SSSR count). The summed E-state index contributed by atoms with van der Waals surface area (Å²) in [6.45, 7) is 0.114. The molecule has 11 heteroatoms. The van der Waals surface area contributed by atoms with E-state index in [2.05, 4.69) is 47.7 Å². The molecule has 3 N–H and O–H groups in total. The third-order valence-electron chi connectivity index (χ3n) is 5.00. The van der Waals surface area contributed by atoms with Crippen LogP contribution in [0.2, 0.25) is 0 Å². The number of nitrogens with one attached hydrogen (secondary N) is 2. The molecule has 1 aliphatic rings. The van der Waals surface area contributed by atoms with Gasteiger partial charge in [0.15, 0.2) is 23.0 Å². The predicted molar refractivity (Wildman–Crippen MR) is 140 cm³/mol. The van der Waals surface area contributed by atoms with Gasteiger partial charge in [0.05, 0.1) is 17.8 Å².